The van der Waals surface area contributed by atoms with E-state index in [4.69, 9.17) is 10.5 Å². The molecule has 4 N–H and O–H groups in total. The summed E-state index contributed by atoms with van der Waals surface area (Å²) in [5, 5.41) is 22.4. The Kier molecular flexibility index (Phi) is 6.91. The number of likely N-dealkylation sites (N-methyl/N-ethyl adjacent to an activating group) is 1. The van der Waals surface area contributed by atoms with Crippen molar-refractivity contribution in [2.45, 2.75) is 31.4 Å². The fraction of sp³-hybridized carbons (Fsp3) is 0.400. The number of nitrogens with two attached hydrogens (primary N) is 1. The number of carbonyl (C=O) groups is 6. The lowest BCUT2D eigenvalue weighted by Gasteiger charge is -2.52. The van der Waals surface area contributed by atoms with Crippen molar-refractivity contribution in [1.29, 1.82) is 0 Å². The number of benzene rings is 2. The first-order valence-corrected chi connectivity index (χ1v) is 13.3. The number of hydrogen-bond donors (Lipinski definition) is 3. The highest BCUT2D eigenvalue weighted by atomic mass is 16.5. The number of nitrogens with zero attached hydrogens (tertiary/aromatic N) is 1. The molecule has 0 heterocycles. The molecule has 2 saturated carbocycles. The first-order valence-electron chi connectivity index (χ1n) is 13.3. The number of ketones is 4. The van der Waals surface area contributed by atoms with Gasteiger partial charge in [0.1, 0.15) is 5.75 Å². The Labute approximate surface area is 235 Å². The largest absolute Gasteiger partial charge is 0.507 e. The van der Waals surface area contributed by atoms with Gasteiger partial charge in [0.05, 0.1) is 29.7 Å². The minimum absolute atomic E-state index is 0.0537. The summed E-state index contributed by atoms with van der Waals surface area (Å²) < 4.78 is 5.10. The van der Waals surface area contributed by atoms with Crippen molar-refractivity contribution in [3.05, 3.63) is 53.1 Å². The fourth-order valence-corrected chi connectivity index (χ4v) is 6.90. The van der Waals surface area contributed by atoms with E-state index in [1.54, 1.807) is 37.3 Å². The van der Waals surface area contributed by atoms with Crippen LogP contribution in [0.3, 0.4) is 0 Å². The fourth-order valence-electron chi connectivity index (χ4n) is 6.90. The number of aromatic hydroxyl groups is 1. The van der Waals surface area contributed by atoms with Gasteiger partial charge in [-0.05, 0) is 74.7 Å². The van der Waals surface area contributed by atoms with Crippen molar-refractivity contribution in [3.8, 4) is 16.9 Å². The second-order valence-electron chi connectivity index (χ2n) is 11.1. The van der Waals surface area contributed by atoms with Gasteiger partial charge >= 0.3 is 5.97 Å². The molecule has 2 aromatic rings. The van der Waals surface area contributed by atoms with Crippen LogP contribution in [-0.4, -0.2) is 82.5 Å². The number of hydrogen-bond acceptors (Lipinski definition) is 10. The third kappa shape index (κ3) is 4.10. The smallest absolute Gasteiger partial charge is 0.338 e. The number of fused-ring (bicyclic) bond motifs is 3. The van der Waals surface area contributed by atoms with E-state index >= 15 is 0 Å². The highest BCUT2D eigenvalue weighted by Gasteiger charge is 2.69. The molecule has 3 aliphatic rings. The summed E-state index contributed by atoms with van der Waals surface area (Å²) >= 11 is 0. The van der Waals surface area contributed by atoms with Crippen molar-refractivity contribution in [1.82, 2.24) is 4.90 Å². The molecule has 0 saturated heterocycles. The molecule has 11 nitrogen and oxygen atoms in total. The van der Waals surface area contributed by atoms with Gasteiger partial charge in [0.15, 0.2) is 34.7 Å². The second-order valence-corrected chi connectivity index (χ2v) is 11.1. The van der Waals surface area contributed by atoms with Crippen LogP contribution in [-0.2, 0) is 30.3 Å². The molecular weight excluding hydrogens is 532 g/mol. The van der Waals surface area contributed by atoms with Crippen molar-refractivity contribution in [3.63, 3.8) is 0 Å². The number of aliphatic hydroxyl groups is 1. The standard InChI is InChI=1S/C30H30N2O9/c1-4-41-29(39)14-7-5-6-13(10-14)16-8-9-19(33)21-17(16)11-15-12-18-23(32(2)3)25(35)22(28(31)38)27(37)30(18,40)26(36)20(15)24(21)34/h5-10,15,18,20,22-23,33,40H,4,11-12H2,1-3H3,(H2,31,38)/t15-,18-,20?,22?,23-,30-/m0/s1. The topological polar surface area (TPSA) is 181 Å². The van der Waals surface area contributed by atoms with E-state index in [0.717, 1.165) is 0 Å². The zero-order valence-corrected chi connectivity index (χ0v) is 22.7. The van der Waals surface area contributed by atoms with E-state index in [1.807, 2.05) is 0 Å². The number of Topliss-reactive ketones (excluding diaryl/α,β-unsaturated/α-hetero) is 4. The van der Waals surface area contributed by atoms with Gasteiger partial charge in [-0.3, -0.25) is 28.9 Å². The predicted octanol–water partition coefficient (Wildman–Crippen LogP) is 0.711. The van der Waals surface area contributed by atoms with Crippen LogP contribution in [0.5, 0.6) is 5.75 Å². The van der Waals surface area contributed by atoms with Gasteiger partial charge in [0.25, 0.3) is 0 Å². The first-order chi connectivity index (χ1) is 19.3. The van der Waals surface area contributed by atoms with Gasteiger partial charge in [0.2, 0.25) is 5.91 Å². The Morgan fingerprint density at radius 3 is 2.44 bits per heavy atom. The Morgan fingerprint density at radius 2 is 1.80 bits per heavy atom. The number of ether oxygens (including phenoxy) is 1. The van der Waals surface area contributed by atoms with Gasteiger partial charge in [0, 0.05) is 5.92 Å². The van der Waals surface area contributed by atoms with Crippen molar-refractivity contribution in [2.24, 2.45) is 29.4 Å². The number of esters is 1. The molecule has 0 aromatic heterocycles. The van der Waals surface area contributed by atoms with Crippen LogP contribution in [0.25, 0.3) is 11.1 Å². The van der Waals surface area contributed by atoms with Crippen LogP contribution < -0.4 is 5.73 Å². The second kappa shape index (κ2) is 10.0. The van der Waals surface area contributed by atoms with Gasteiger partial charge < -0.3 is 20.7 Å². The number of carbonyl (C=O) groups excluding carboxylic acids is 6. The monoisotopic (exact) mass is 562 g/mol. The third-order valence-corrected chi connectivity index (χ3v) is 8.63. The molecular formula is C30H30N2O9. The van der Waals surface area contributed by atoms with E-state index in [0.29, 0.717) is 22.3 Å². The number of primary amides is 1. The first kappa shape index (κ1) is 28.3. The maximum atomic E-state index is 13.9. The zero-order chi connectivity index (χ0) is 30.0. The van der Waals surface area contributed by atoms with Crippen LogP contribution >= 0.6 is 0 Å². The van der Waals surface area contributed by atoms with Crippen LogP contribution in [0.4, 0.5) is 0 Å². The molecule has 0 aliphatic heterocycles. The number of amides is 1. The molecule has 2 fully saturated rings. The lowest BCUT2D eigenvalue weighted by molar-refractivity contribution is -0.181. The van der Waals surface area contributed by atoms with Crippen molar-refractivity contribution < 1.29 is 43.7 Å². The molecule has 0 radical (unpaired) electrons. The molecule has 41 heavy (non-hydrogen) atoms. The van der Waals surface area contributed by atoms with Gasteiger partial charge in [-0.25, -0.2) is 4.79 Å². The summed E-state index contributed by atoms with van der Waals surface area (Å²) in [5.74, 6) is -11.6. The Bertz CT molecular complexity index is 1530. The Morgan fingerprint density at radius 1 is 1.10 bits per heavy atom. The van der Waals surface area contributed by atoms with Crippen LogP contribution in [0.15, 0.2) is 36.4 Å². The van der Waals surface area contributed by atoms with E-state index in [9.17, 15) is 39.0 Å². The summed E-state index contributed by atoms with van der Waals surface area (Å²) in [6.07, 6.45) is 0.0566. The van der Waals surface area contributed by atoms with Crippen LogP contribution in [0, 0.1) is 23.7 Å². The number of rotatable bonds is 5. The molecule has 0 spiro atoms. The SMILES string of the molecule is CCOC(=O)c1cccc(-c2ccc(O)c3c2C[C@H]2C[C@H]4[C@H](N(C)C)C(=O)C(C(N)=O)C(=O)[C@@]4(O)C(=O)C2C3=O)c1. The van der Waals surface area contributed by atoms with E-state index < -0.39 is 70.3 Å². The third-order valence-electron chi connectivity index (χ3n) is 8.63. The molecule has 0 bridgehead atoms. The lowest BCUT2D eigenvalue weighted by Crippen LogP contribution is -2.74. The molecule has 5 rings (SSSR count). The highest BCUT2D eigenvalue weighted by molar-refractivity contribution is 6.32. The predicted molar refractivity (Wildman–Crippen MR) is 143 cm³/mol. The van der Waals surface area contributed by atoms with Crippen LogP contribution in [0.2, 0.25) is 0 Å². The number of phenols is 1. The zero-order valence-electron chi connectivity index (χ0n) is 22.7. The molecule has 2 unspecified atom stereocenters. The number of phenolic OH excluding ortho intramolecular Hbond substituents is 1. The Hall–Kier alpha value is -4.22. The average molecular weight is 563 g/mol. The lowest BCUT2D eigenvalue weighted by atomic mass is 9.52. The summed E-state index contributed by atoms with van der Waals surface area (Å²) in [6.45, 7) is 1.88. The van der Waals surface area contributed by atoms with Crippen LogP contribution in [0.1, 0.15) is 39.6 Å². The minimum atomic E-state index is -2.78. The molecule has 3 aliphatic carbocycles. The maximum absolute atomic E-state index is 13.9. The molecule has 2 aromatic carbocycles. The van der Waals surface area contributed by atoms with E-state index in [2.05, 4.69) is 0 Å². The molecule has 214 valence electrons. The highest BCUT2D eigenvalue weighted by Crippen LogP contribution is 2.51. The van der Waals surface area contributed by atoms with E-state index in [-0.39, 0.29) is 30.8 Å². The van der Waals surface area contributed by atoms with Crippen molar-refractivity contribution in [2.75, 3.05) is 20.7 Å². The van der Waals surface area contributed by atoms with Gasteiger partial charge in [-0.1, -0.05) is 18.2 Å². The summed E-state index contributed by atoms with van der Waals surface area (Å²) in [6, 6.07) is 8.34. The molecule has 1 amide bonds. The summed E-state index contributed by atoms with van der Waals surface area (Å²) in [7, 11) is 3.06. The van der Waals surface area contributed by atoms with Gasteiger partial charge in [-0.15, -0.1) is 0 Å². The summed E-state index contributed by atoms with van der Waals surface area (Å²) in [5.41, 5.74) is 4.32. The molecule has 6 atom stereocenters. The Balaban J connectivity index is 1.63. The summed E-state index contributed by atoms with van der Waals surface area (Å²) in [4.78, 5) is 80.3. The van der Waals surface area contributed by atoms with Crippen molar-refractivity contribution >= 4 is 35.0 Å². The van der Waals surface area contributed by atoms with E-state index in [1.165, 1.54) is 25.1 Å². The van der Waals surface area contributed by atoms with Gasteiger partial charge in [-0.2, -0.15) is 0 Å². The minimum Gasteiger partial charge on any atom is -0.507 e. The normalized spacial score (nSPS) is 29.0. The average Bonchev–Trinajstić information content (AvgIpc) is 2.90. The quantitative estimate of drug-likeness (QED) is 0.347. The maximum Gasteiger partial charge on any atom is 0.338 e. The molecule has 11 heteroatoms.